The molecule has 31 heavy (non-hydrogen) atoms. The van der Waals surface area contributed by atoms with E-state index in [1.54, 1.807) is 0 Å². The van der Waals surface area contributed by atoms with Crippen LogP contribution in [0.4, 0.5) is 0 Å². The molecule has 0 fully saturated rings. The molecule has 0 aliphatic heterocycles. The molecule has 0 aliphatic carbocycles. The smallest absolute Gasteiger partial charge is 0.222 e. The van der Waals surface area contributed by atoms with Crippen molar-refractivity contribution in [3.05, 3.63) is 59.4 Å². The second-order valence-corrected chi connectivity index (χ2v) is 8.52. The number of nitrogens with one attached hydrogen (secondary N) is 1. The van der Waals surface area contributed by atoms with Gasteiger partial charge >= 0.3 is 0 Å². The Hall–Kier alpha value is -2.82. The quantitative estimate of drug-likeness (QED) is 0.432. The second kappa shape index (κ2) is 11.0. The van der Waals surface area contributed by atoms with E-state index in [2.05, 4.69) is 54.1 Å². The topological polar surface area (TPSA) is 56.1 Å². The summed E-state index contributed by atoms with van der Waals surface area (Å²) in [7, 11) is 0. The number of fused-ring (bicyclic) bond motifs is 1. The number of rotatable bonds is 11. The van der Waals surface area contributed by atoms with E-state index < -0.39 is 0 Å². The molecule has 5 heteroatoms. The number of benzene rings is 2. The molecule has 5 nitrogen and oxygen atoms in total. The van der Waals surface area contributed by atoms with Crippen LogP contribution in [0.3, 0.4) is 0 Å². The van der Waals surface area contributed by atoms with Gasteiger partial charge in [0, 0.05) is 25.4 Å². The van der Waals surface area contributed by atoms with Crippen LogP contribution < -0.4 is 10.1 Å². The van der Waals surface area contributed by atoms with Crippen molar-refractivity contribution >= 4 is 16.9 Å². The average Bonchev–Trinajstić information content (AvgIpc) is 3.10. The first kappa shape index (κ1) is 22.9. The van der Waals surface area contributed by atoms with E-state index in [4.69, 9.17) is 9.72 Å². The van der Waals surface area contributed by atoms with Gasteiger partial charge in [-0.05, 0) is 68.5 Å². The van der Waals surface area contributed by atoms with Gasteiger partial charge in [-0.3, -0.25) is 4.79 Å². The van der Waals surface area contributed by atoms with Gasteiger partial charge in [0.2, 0.25) is 5.91 Å². The summed E-state index contributed by atoms with van der Waals surface area (Å²) in [6.45, 7) is 10.4. The molecule has 0 unspecified atom stereocenters. The predicted octanol–water partition coefficient (Wildman–Crippen LogP) is 5.22. The molecule has 0 bridgehead atoms. The number of hydrogen-bond donors (Lipinski definition) is 1. The molecule has 2 aromatic carbocycles. The maximum absolute atomic E-state index is 11.8. The van der Waals surface area contributed by atoms with E-state index in [1.165, 1.54) is 16.6 Å². The van der Waals surface area contributed by atoms with E-state index in [-0.39, 0.29) is 11.8 Å². The molecule has 1 amide bonds. The largest absolute Gasteiger partial charge is 0.494 e. The van der Waals surface area contributed by atoms with Crippen molar-refractivity contribution in [3.8, 4) is 5.75 Å². The first-order valence-electron chi connectivity index (χ1n) is 11.4. The summed E-state index contributed by atoms with van der Waals surface area (Å²) in [4.78, 5) is 16.6. The molecule has 0 aliphatic rings. The van der Waals surface area contributed by atoms with E-state index in [0.29, 0.717) is 13.2 Å². The minimum absolute atomic E-state index is 0.0237. The lowest BCUT2D eigenvalue weighted by molar-refractivity contribution is -0.123. The molecule has 0 spiro atoms. The lowest BCUT2D eigenvalue weighted by Crippen LogP contribution is -2.28. The van der Waals surface area contributed by atoms with Crippen molar-refractivity contribution in [2.75, 3.05) is 13.2 Å². The summed E-state index contributed by atoms with van der Waals surface area (Å²) in [6.07, 6.45) is 3.76. The fourth-order valence-corrected chi connectivity index (χ4v) is 3.59. The Morgan fingerprint density at radius 3 is 2.65 bits per heavy atom. The third-order valence-electron chi connectivity index (χ3n) is 5.66. The highest BCUT2D eigenvalue weighted by molar-refractivity contribution is 5.77. The van der Waals surface area contributed by atoms with Crippen LogP contribution in [0.2, 0.25) is 0 Å². The molecule has 0 saturated carbocycles. The highest BCUT2D eigenvalue weighted by Gasteiger charge is 2.11. The summed E-state index contributed by atoms with van der Waals surface area (Å²) < 4.78 is 8.26. The van der Waals surface area contributed by atoms with Crippen LogP contribution in [-0.2, 0) is 17.8 Å². The van der Waals surface area contributed by atoms with Crippen molar-refractivity contribution in [1.29, 1.82) is 0 Å². The van der Waals surface area contributed by atoms with Crippen LogP contribution in [0.15, 0.2) is 42.5 Å². The minimum Gasteiger partial charge on any atom is -0.494 e. The Morgan fingerprint density at radius 2 is 1.87 bits per heavy atom. The monoisotopic (exact) mass is 421 g/mol. The van der Waals surface area contributed by atoms with Crippen LogP contribution in [0.1, 0.15) is 50.1 Å². The van der Waals surface area contributed by atoms with E-state index in [9.17, 15) is 4.79 Å². The van der Waals surface area contributed by atoms with Crippen molar-refractivity contribution in [2.24, 2.45) is 5.92 Å². The average molecular weight is 422 g/mol. The zero-order chi connectivity index (χ0) is 22.2. The van der Waals surface area contributed by atoms with Crippen LogP contribution >= 0.6 is 0 Å². The molecule has 166 valence electrons. The van der Waals surface area contributed by atoms with Gasteiger partial charge < -0.3 is 14.6 Å². The van der Waals surface area contributed by atoms with E-state index >= 15 is 0 Å². The summed E-state index contributed by atoms with van der Waals surface area (Å²) in [6, 6.07) is 14.6. The number of nitrogens with zero attached hydrogens (tertiary/aromatic N) is 2. The van der Waals surface area contributed by atoms with Crippen molar-refractivity contribution in [3.63, 3.8) is 0 Å². The maximum atomic E-state index is 11.8. The van der Waals surface area contributed by atoms with Crippen molar-refractivity contribution < 1.29 is 9.53 Å². The van der Waals surface area contributed by atoms with Crippen LogP contribution in [-0.4, -0.2) is 28.6 Å². The molecule has 0 saturated heterocycles. The van der Waals surface area contributed by atoms with Gasteiger partial charge in [0.05, 0.1) is 17.6 Å². The first-order valence-corrected chi connectivity index (χ1v) is 11.4. The molecule has 0 atom stereocenters. The fraction of sp³-hybridized carbons (Fsp3) is 0.462. The number of carbonyl (C=O) groups excluding carboxylic acids is 1. The molecule has 0 radical (unpaired) electrons. The molecule has 1 aromatic heterocycles. The van der Waals surface area contributed by atoms with Gasteiger partial charge in [0.1, 0.15) is 11.6 Å². The summed E-state index contributed by atoms with van der Waals surface area (Å²) in [5.41, 5.74) is 4.76. The normalized spacial score (nSPS) is 11.3. The Kier molecular flexibility index (Phi) is 8.10. The number of aromatic nitrogens is 2. The summed E-state index contributed by atoms with van der Waals surface area (Å²) in [5, 5.41) is 3.00. The van der Waals surface area contributed by atoms with Gasteiger partial charge in [-0.1, -0.05) is 32.0 Å². The highest BCUT2D eigenvalue weighted by Crippen LogP contribution is 2.19. The van der Waals surface area contributed by atoms with Crippen LogP contribution in [0, 0.1) is 19.8 Å². The summed E-state index contributed by atoms with van der Waals surface area (Å²) >= 11 is 0. The molecule has 3 aromatic rings. The number of hydrogen-bond acceptors (Lipinski definition) is 3. The van der Waals surface area contributed by atoms with Gasteiger partial charge in [-0.2, -0.15) is 0 Å². The predicted molar refractivity (Wildman–Crippen MR) is 127 cm³/mol. The van der Waals surface area contributed by atoms with Gasteiger partial charge in [-0.15, -0.1) is 0 Å². The lowest BCUT2D eigenvalue weighted by atomic mass is 10.1. The van der Waals surface area contributed by atoms with E-state index in [0.717, 1.165) is 49.3 Å². The van der Waals surface area contributed by atoms with Crippen molar-refractivity contribution in [2.45, 2.75) is 59.9 Å². The number of para-hydroxylation sites is 2. The Labute approximate surface area is 185 Å². The fourth-order valence-electron chi connectivity index (χ4n) is 3.59. The van der Waals surface area contributed by atoms with Crippen molar-refractivity contribution in [1.82, 2.24) is 14.9 Å². The minimum atomic E-state index is 0.0237. The number of aryl methyl sites for hydroxylation is 4. The maximum Gasteiger partial charge on any atom is 0.222 e. The Balaban J connectivity index is 1.53. The molecular weight excluding hydrogens is 386 g/mol. The first-order chi connectivity index (χ1) is 15.0. The zero-order valence-corrected chi connectivity index (χ0v) is 19.3. The standard InChI is InChI=1S/C26H35N3O2/c1-19(2)26(30)27-15-9-12-25-28-23-10-5-6-11-24(23)29(25)16-7-8-17-31-22-14-13-20(3)21(4)18-22/h5-6,10-11,13-14,18-19H,7-9,12,15-17H2,1-4H3,(H,27,30). The number of imidazole rings is 1. The third kappa shape index (κ3) is 6.33. The second-order valence-electron chi connectivity index (χ2n) is 8.52. The van der Waals surface area contributed by atoms with Gasteiger partial charge in [0.15, 0.2) is 0 Å². The molecule has 3 rings (SSSR count). The van der Waals surface area contributed by atoms with Crippen LogP contribution in [0.5, 0.6) is 5.75 Å². The van der Waals surface area contributed by atoms with Crippen LogP contribution in [0.25, 0.3) is 11.0 Å². The van der Waals surface area contributed by atoms with Gasteiger partial charge in [-0.25, -0.2) is 4.98 Å². The lowest BCUT2D eigenvalue weighted by Gasteiger charge is -2.11. The summed E-state index contributed by atoms with van der Waals surface area (Å²) in [5.74, 6) is 2.17. The number of unbranched alkanes of at least 4 members (excludes halogenated alkanes) is 1. The molecular formula is C26H35N3O2. The molecule has 1 heterocycles. The number of carbonyl (C=O) groups is 1. The third-order valence-corrected chi connectivity index (χ3v) is 5.66. The number of ether oxygens (including phenoxy) is 1. The molecule has 1 N–H and O–H groups in total. The zero-order valence-electron chi connectivity index (χ0n) is 19.3. The van der Waals surface area contributed by atoms with E-state index in [1.807, 2.05) is 26.0 Å². The Morgan fingerprint density at radius 1 is 1.06 bits per heavy atom. The Bertz CT molecular complexity index is 1010. The SMILES string of the molecule is Cc1ccc(OCCCCn2c(CCCNC(=O)C(C)C)nc3ccccc32)cc1C. The van der Waals surface area contributed by atoms with Gasteiger partial charge in [0.25, 0.3) is 0 Å². The highest BCUT2D eigenvalue weighted by atomic mass is 16.5. The number of amides is 1.